The lowest BCUT2D eigenvalue weighted by atomic mass is 9.98. The van der Waals surface area contributed by atoms with E-state index in [-0.39, 0.29) is 5.97 Å². The molecule has 0 radical (unpaired) electrons. The Hall–Kier alpha value is -1.43. The predicted octanol–water partition coefficient (Wildman–Crippen LogP) is 2.13. The second-order valence-corrected chi connectivity index (χ2v) is 6.70. The highest BCUT2D eigenvalue weighted by Gasteiger charge is 2.45. The fourth-order valence-corrected chi connectivity index (χ4v) is 3.51. The van der Waals surface area contributed by atoms with Crippen molar-refractivity contribution in [1.82, 2.24) is 15.1 Å². The monoisotopic (exact) mass is 347 g/mol. The van der Waals surface area contributed by atoms with Crippen molar-refractivity contribution in [1.29, 1.82) is 0 Å². The van der Waals surface area contributed by atoms with Gasteiger partial charge >= 0.3 is 5.97 Å². The van der Waals surface area contributed by atoms with Gasteiger partial charge in [0, 0.05) is 32.7 Å². The van der Waals surface area contributed by atoms with E-state index >= 15 is 0 Å². The van der Waals surface area contributed by atoms with E-state index in [2.05, 4.69) is 53.2 Å². The van der Waals surface area contributed by atoms with Gasteiger partial charge in [0.2, 0.25) is 0 Å². The van der Waals surface area contributed by atoms with Gasteiger partial charge in [0.25, 0.3) is 0 Å². The van der Waals surface area contributed by atoms with Gasteiger partial charge in [0.05, 0.1) is 6.61 Å². The summed E-state index contributed by atoms with van der Waals surface area (Å²) in [6, 6.07) is 10.4. The molecule has 0 aromatic heterocycles. The van der Waals surface area contributed by atoms with Crippen LogP contribution in [0.4, 0.5) is 0 Å². The summed E-state index contributed by atoms with van der Waals surface area (Å²) in [6.07, 6.45) is 0.802. The first-order chi connectivity index (χ1) is 12.1. The molecule has 25 heavy (non-hydrogen) atoms. The van der Waals surface area contributed by atoms with Crippen LogP contribution in [0.5, 0.6) is 0 Å². The van der Waals surface area contributed by atoms with Crippen molar-refractivity contribution in [3.05, 3.63) is 35.9 Å². The van der Waals surface area contributed by atoms with Crippen LogP contribution >= 0.6 is 0 Å². The first-order valence-corrected chi connectivity index (χ1v) is 9.54. The van der Waals surface area contributed by atoms with Gasteiger partial charge < -0.3 is 9.64 Å². The first-order valence-electron chi connectivity index (χ1n) is 9.54. The predicted molar refractivity (Wildman–Crippen MR) is 101 cm³/mol. The van der Waals surface area contributed by atoms with E-state index in [0.29, 0.717) is 13.2 Å². The molecule has 2 rings (SSSR count). The van der Waals surface area contributed by atoms with Crippen LogP contribution in [-0.2, 0) is 16.1 Å². The van der Waals surface area contributed by atoms with E-state index in [1.165, 1.54) is 5.56 Å². The molecule has 1 aromatic carbocycles. The Bertz CT molecular complexity index is 519. The number of ether oxygens (including phenoxy) is 1. The van der Waals surface area contributed by atoms with Crippen molar-refractivity contribution >= 4 is 5.97 Å². The lowest BCUT2D eigenvalue weighted by molar-refractivity contribution is -0.150. The molecule has 140 valence electrons. The molecule has 5 heteroatoms. The fourth-order valence-electron chi connectivity index (χ4n) is 3.51. The van der Waals surface area contributed by atoms with Gasteiger partial charge in [0.15, 0.2) is 0 Å². The highest BCUT2D eigenvalue weighted by Crippen LogP contribution is 2.24. The highest BCUT2D eigenvalue weighted by molar-refractivity contribution is 5.81. The van der Waals surface area contributed by atoms with E-state index in [1.807, 2.05) is 13.0 Å². The largest absolute Gasteiger partial charge is 0.465 e. The van der Waals surface area contributed by atoms with Crippen LogP contribution in [0.2, 0.25) is 0 Å². The topological polar surface area (TPSA) is 44.8 Å². The van der Waals surface area contributed by atoms with E-state index < -0.39 is 5.54 Å². The van der Waals surface area contributed by atoms with Crippen molar-refractivity contribution in [3.8, 4) is 0 Å². The average Bonchev–Trinajstić information content (AvgIpc) is 3.04. The number of carbonyl (C=O) groups is 1. The van der Waals surface area contributed by atoms with Gasteiger partial charge in [-0.05, 0) is 32.0 Å². The first kappa shape index (κ1) is 19.9. The van der Waals surface area contributed by atoms with Crippen LogP contribution in [0.3, 0.4) is 0 Å². The standard InChI is InChI=1S/C20H33N3O2/c1-4-22(5-2)15-13-21-20(19(24)25-6-3)12-14-23(17-20)16-18-10-8-7-9-11-18/h7-11,21H,4-6,12-17H2,1-3H3. The lowest BCUT2D eigenvalue weighted by Crippen LogP contribution is -2.56. The Balaban J connectivity index is 1.97. The Kier molecular flexibility index (Phi) is 7.88. The summed E-state index contributed by atoms with van der Waals surface area (Å²) < 4.78 is 5.40. The third-order valence-electron chi connectivity index (χ3n) is 5.05. The highest BCUT2D eigenvalue weighted by atomic mass is 16.5. The number of likely N-dealkylation sites (N-methyl/N-ethyl adjacent to an activating group) is 1. The summed E-state index contributed by atoms with van der Waals surface area (Å²) in [7, 11) is 0. The number of likely N-dealkylation sites (tertiary alicyclic amines) is 1. The van der Waals surface area contributed by atoms with Crippen LogP contribution in [0, 0.1) is 0 Å². The molecule has 1 aliphatic heterocycles. The second-order valence-electron chi connectivity index (χ2n) is 6.70. The van der Waals surface area contributed by atoms with Crippen molar-refractivity contribution in [2.45, 2.75) is 39.3 Å². The maximum Gasteiger partial charge on any atom is 0.327 e. The average molecular weight is 348 g/mol. The van der Waals surface area contributed by atoms with Crippen molar-refractivity contribution < 1.29 is 9.53 Å². The molecular weight excluding hydrogens is 314 g/mol. The molecular formula is C20H33N3O2. The molecule has 1 fully saturated rings. The number of esters is 1. The Labute approximate surface area is 152 Å². The number of rotatable bonds is 10. The van der Waals surface area contributed by atoms with Crippen LogP contribution in [0.1, 0.15) is 32.8 Å². The lowest BCUT2D eigenvalue weighted by Gasteiger charge is -2.30. The van der Waals surface area contributed by atoms with Crippen LogP contribution in [-0.4, -0.2) is 67.2 Å². The maximum absolute atomic E-state index is 12.7. The third-order valence-corrected chi connectivity index (χ3v) is 5.05. The van der Waals surface area contributed by atoms with E-state index in [0.717, 1.165) is 45.7 Å². The molecule has 1 aliphatic rings. The molecule has 1 heterocycles. The van der Waals surface area contributed by atoms with Gasteiger partial charge in [-0.15, -0.1) is 0 Å². The molecule has 0 saturated carbocycles. The summed E-state index contributed by atoms with van der Waals surface area (Å²) in [6.45, 7) is 12.9. The number of nitrogens with one attached hydrogen (secondary N) is 1. The van der Waals surface area contributed by atoms with Gasteiger partial charge in [-0.1, -0.05) is 44.2 Å². The number of benzene rings is 1. The van der Waals surface area contributed by atoms with Crippen molar-refractivity contribution in [2.75, 3.05) is 45.9 Å². The van der Waals surface area contributed by atoms with Crippen LogP contribution in [0.15, 0.2) is 30.3 Å². The number of carbonyl (C=O) groups excluding carboxylic acids is 1. The van der Waals surface area contributed by atoms with Crippen molar-refractivity contribution in [3.63, 3.8) is 0 Å². The zero-order valence-corrected chi connectivity index (χ0v) is 16.0. The fraction of sp³-hybridized carbons (Fsp3) is 0.650. The third kappa shape index (κ3) is 5.53. The Morgan fingerprint density at radius 3 is 2.60 bits per heavy atom. The van der Waals surface area contributed by atoms with Crippen LogP contribution in [0.25, 0.3) is 0 Å². The molecule has 1 aromatic rings. The van der Waals surface area contributed by atoms with E-state index in [4.69, 9.17) is 4.74 Å². The minimum absolute atomic E-state index is 0.106. The molecule has 0 aliphatic carbocycles. The molecule has 1 saturated heterocycles. The summed E-state index contributed by atoms with van der Waals surface area (Å²) in [5, 5.41) is 3.54. The summed E-state index contributed by atoms with van der Waals surface area (Å²) in [5.74, 6) is -0.106. The maximum atomic E-state index is 12.7. The minimum atomic E-state index is -0.571. The number of nitrogens with zero attached hydrogens (tertiary/aromatic N) is 2. The zero-order chi connectivity index (χ0) is 18.1. The smallest absolute Gasteiger partial charge is 0.327 e. The summed E-state index contributed by atoms with van der Waals surface area (Å²) in [5.41, 5.74) is 0.711. The Morgan fingerprint density at radius 2 is 1.96 bits per heavy atom. The molecule has 1 atom stereocenters. The molecule has 5 nitrogen and oxygen atoms in total. The second kappa shape index (κ2) is 9.90. The van der Waals surface area contributed by atoms with Crippen LogP contribution < -0.4 is 5.32 Å². The number of hydrogen-bond acceptors (Lipinski definition) is 5. The normalized spacial score (nSPS) is 21.0. The summed E-state index contributed by atoms with van der Waals surface area (Å²) in [4.78, 5) is 17.4. The van der Waals surface area contributed by atoms with E-state index in [9.17, 15) is 4.79 Å². The number of hydrogen-bond donors (Lipinski definition) is 1. The van der Waals surface area contributed by atoms with Crippen molar-refractivity contribution in [2.24, 2.45) is 0 Å². The molecule has 1 N–H and O–H groups in total. The van der Waals surface area contributed by atoms with Gasteiger partial charge in [-0.3, -0.25) is 10.2 Å². The zero-order valence-electron chi connectivity index (χ0n) is 16.0. The summed E-state index contributed by atoms with van der Waals surface area (Å²) >= 11 is 0. The molecule has 0 bridgehead atoms. The quantitative estimate of drug-likeness (QED) is 0.657. The molecule has 1 unspecified atom stereocenters. The van der Waals surface area contributed by atoms with E-state index in [1.54, 1.807) is 0 Å². The van der Waals surface area contributed by atoms with Gasteiger partial charge in [-0.2, -0.15) is 0 Å². The SMILES string of the molecule is CCOC(=O)C1(NCCN(CC)CC)CCN(Cc2ccccc2)C1. The Morgan fingerprint density at radius 1 is 1.24 bits per heavy atom. The van der Waals surface area contributed by atoms with Gasteiger partial charge in [0.1, 0.15) is 5.54 Å². The molecule has 0 amide bonds. The molecule has 0 spiro atoms. The van der Waals surface area contributed by atoms with Gasteiger partial charge in [-0.25, -0.2) is 4.79 Å². The minimum Gasteiger partial charge on any atom is -0.465 e.